The lowest BCUT2D eigenvalue weighted by Crippen LogP contribution is -2.21. The molecule has 7 heteroatoms. The summed E-state index contributed by atoms with van der Waals surface area (Å²) in [6.45, 7) is 4.32. The third kappa shape index (κ3) is 9.04. The molecule has 0 aliphatic carbocycles. The van der Waals surface area contributed by atoms with Crippen LogP contribution in [0.2, 0.25) is 0 Å². The van der Waals surface area contributed by atoms with Crippen molar-refractivity contribution in [3.05, 3.63) is 12.4 Å². The molecule has 0 spiro atoms. The molecule has 0 fully saturated rings. The third-order valence-electron chi connectivity index (χ3n) is 1.34. The molecular weight excluding hydrogens is 187 g/mol. The van der Waals surface area contributed by atoms with E-state index in [1.54, 1.807) is 0 Å². The van der Waals surface area contributed by atoms with Gasteiger partial charge in [-0.1, -0.05) is 0 Å². The highest BCUT2D eigenvalue weighted by Crippen LogP contribution is 2.06. The number of nitrogens with zero attached hydrogens (tertiary/aromatic N) is 2. The molecular formula is C6H12BF4N2-. The highest BCUT2D eigenvalue weighted by Gasteiger charge is 2.20. The topological polar surface area (TPSA) is 6.48 Å². The molecule has 0 saturated heterocycles. The first-order chi connectivity index (χ1) is 5.83. The van der Waals surface area contributed by atoms with Gasteiger partial charge in [-0.15, -0.1) is 0 Å². The summed E-state index contributed by atoms with van der Waals surface area (Å²) in [6.07, 6.45) is 4.20. The van der Waals surface area contributed by atoms with E-state index >= 15 is 0 Å². The Hall–Kier alpha value is -0.875. The van der Waals surface area contributed by atoms with Crippen molar-refractivity contribution in [3.63, 3.8) is 0 Å². The molecule has 2 nitrogen and oxygen atoms in total. The molecule has 0 saturated carbocycles. The highest BCUT2D eigenvalue weighted by molar-refractivity contribution is 6.50. The van der Waals surface area contributed by atoms with Crippen LogP contribution in [-0.2, 0) is 0 Å². The van der Waals surface area contributed by atoms with Crippen LogP contribution in [-0.4, -0.2) is 37.3 Å². The van der Waals surface area contributed by atoms with Gasteiger partial charge < -0.3 is 27.1 Å². The summed E-state index contributed by atoms with van der Waals surface area (Å²) in [5.41, 5.74) is 0. The first-order valence-electron chi connectivity index (χ1n) is 3.83. The van der Waals surface area contributed by atoms with Crippen molar-refractivity contribution < 1.29 is 17.3 Å². The molecule has 13 heavy (non-hydrogen) atoms. The van der Waals surface area contributed by atoms with Gasteiger partial charge in [0.1, 0.15) is 0 Å². The summed E-state index contributed by atoms with van der Waals surface area (Å²) in [7, 11) is -3.92. The Bertz CT molecular complexity index is 165. The second-order valence-electron chi connectivity index (χ2n) is 2.60. The van der Waals surface area contributed by atoms with E-state index in [2.05, 4.69) is 36.2 Å². The molecule has 0 aromatic carbocycles. The average Bonchev–Trinajstić information content (AvgIpc) is 2.31. The zero-order valence-electron chi connectivity index (χ0n) is 7.55. The fourth-order valence-corrected chi connectivity index (χ4v) is 0.794. The monoisotopic (exact) mass is 199 g/mol. The Balaban J connectivity index is 0.000000252. The minimum Gasteiger partial charge on any atom is -0.418 e. The minimum absolute atomic E-state index is 1.05. The van der Waals surface area contributed by atoms with Crippen LogP contribution in [0.3, 0.4) is 0 Å². The summed E-state index contributed by atoms with van der Waals surface area (Å²) in [4.78, 5) is 4.41. The first-order valence-corrected chi connectivity index (χ1v) is 3.83. The predicted octanol–water partition coefficient (Wildman–Crippen LogP) is 1.98. The average molecular weight is 199 g/mol. The van der Waals surface area contributed by atoms with Crippen LogP contribution in [0.1, 0.15) is 6.92 Å². The molecule has 78 valence electrons. The fourth-order valence-electron chi connectivity index (χ4n) is 0.794. The van der Waals surface area contributed by atoms with E-state index < -0.39 is 7.25 Å². The van der Waals surface area contributed by atoms with Gasteiger partial charge in [0.2, 0.25) is 0 Å². The van der Waals surface area contributed by atoms with Crippen LogP contribution < -0.4 is 0 Å². The summed E-state index contributed by atoms with van der Waals surface area (Å²) in [5.74, 6) is 0. The molecule has 0 amide bonds. The van der Waals surface area contributed by atoms with Gasteiger partial charge in [0.25, 0.3) is 0 Å². The van der Waals surface area contributed by atoms with Gasteiger partial charge in [-0.3, -0.25) is 0 Å². The van der Waals surface area contributed by atoms with Crippen molar-refractivity contribution in [2.45, 2.75) is 6.92 Å². The van der Waals surface area contributed by atoms with Crippen LogP contribution in [0, 0.1) is 0 Å². The van der Waals surface area contributed by atoms with Gasteiger partial charge in [0.15, 0.2) is 0 Å². The Kier molecular flexibility index (Phi) is 4.65. The molecule has 1 aliphatic rings. The Morgan fingerprint density at radius 1 is 1.23 bits per heavy atom. The van der Waals surface area contributed by atoms with Crippen LogP contribution in [0.5, 0.6) is 0 Å². The van der Waals surface area contributed by atoms with E-state index in [0.717, 1.165) is 13.2 Å². The fraction of sp³-hybridized carbons (Fsp3) is 0.667. The molecule has 0 unspecified atom stereocenters. The molecule has 1 rings (SSSR count). The molecule has 0 bridgehead atoms. The molecule has 0 atom stereocenters. The summed E-state index contributed by atoms with van der Waals surface area (Å²) in [6, 6.07) is 0. The van der Waals surface area contributed by atoms with Crippen molar-refractivity contribution in [1.82, 2.24) is 9.80 Å². The number of rotatable bonds is 1. The van der Waals surface area contributed by atoms with Gasteiger partial charge in [-0.25, -0.2) is 0 Å². The lowest BCUT2D eigenvalue weighted by molar-refractivity contribution is 0.308. The van der Waals surface area contributed by atoms with Gasteiger partial charge in [0, 0.05) is 26.0 Å². The predicted molar refractivity (Wildman–Crippen MR) is 44.3 cm³/mol. The van der Waals surface area contributed by atoms with Crippen LogP contribution in [0.25, 0.3) is 0 Å². The number of hydrogen-bond donors (Lipinski definition) is 0. The first kappa shape index (κ1) is 12.1. The lowest BCUT2D eigenvalue weighted by atomic mass is 10.3. The maximum atomic E-state index is 9.75. The van der Waals surface area contributed by atoms with Crippen molar-refractivity contribution in [1.29, 1.82) is 0 Å². The van der Waals surface area contributed by atoms with E-state index in [4.69, 9.17) is 0 Å². The highest BCUT2D eigenvalue weighted by atomic mass is 19.5. The molecule has 0 N–H and O–H groups in total. The van der Waals surface area contributed by atoms with E-state index in [-0.39, 0.29) is 0 Å². The maximum Gasteiger partial charge on any atom is 0.673 e. The second kappa shape index (κ2) is 4.99. The lowest BCUT2D eigenvalue weighted by Gasteiger charge is -2.14. The number of halogens is 4. The largest absolute Gasteiger partial charge is 0.673 e. The van der Waals surface area contributed by atoms with Crippen molar-refractivity contribution >= 4 is 7.25 Å². The maximum absolute atomic E-state index is 9.75. The Morgan fingerprint density at radius 3 is 1.85 bits per heavy atom. The third-order valence-corrected chi connectivity index (χ3v) is 1.34. The zero-order valence-corrected chi connectivity index (χ0v) is 7.55. The molecule has 0 aromatic heterocycles. The smallest absolute Gasteiger partial charge is 0.418 e. The Morgan fingerprint density at radius 2 is 1.69 bits per heavy atom. The molecule has 1 aliphatic heterocycles. The Labute approximate surface area is 74.9 Å². The SMILES string of the molecule is CCN1C=CN(C)C1.F[B-](F)(F)F. The van der Waals surface area contributed by atoms with Crippen LogP contribution in [0.4, 0.5) is 17.3 Å². The van der Waals surface area contributed by atoms with Crippen LogP contribution in [0.15, 0.2) is 12.4 Å². The van der Waals surface area contributed by atoms with Gasteiger partial charge in [0.05, 0.1) is 6.67 Å². The normalized spacial score (nSPS) is 15.8. The summed E-state index contributed by atoms with van der Waals surface area (Å²) < 4.78 is 39.0. The van der Waals surface area contributed by atoms with Gasteiger partial charge in [-0.05, 0) is 6.92 Å². The zero-order chi connectivity index (χ0) is 10.5. The summed E-state index contributed by atoms with van der Waals surface area (Å²) >= 11 is 0. The van der Waals surface area contributed by atoms with Gasteiger partial charge in [-0.2, -0.15) is 0 Å². The van der Waals surface area contributed by atoms with E-state index in [1.165, 1.54) is 0 Å². The molecule has 0 aromatic rings. The van der Waals surface area contributed by atoms with E-state index in [1.807, 2.05) is 0 Å². The standard InChI is InChI=1S/C6H12N2.BF4/c1-3-8-5-4-7(2)6-8;2-1(3,4)5/h4-5H,3,6H2,1-2H3;/q;-1. The van der Waals surface area contributed by atoms with Crippen molar-refractivity contribution in [2.75, 3.05) is 20.3 Å². The van der Waals surface area contributed by atoms with Crippen molar-refractivity contribution in [3.8, 4) is 0 Å². The summed E-state index contributed by atoms with van der Waals surface area (Å²) in [5, 5.41) is 0. The quantitative estimate of drug-likeness (QED) is 0.470. The molecule has 0 radical (unpaired) electrons. The van der Waals surface area contributed by atoms with Crippen molar-refractivity contribution in [2.24, 2.45) is 0 Å². The molecule has 1 heterocycles. The second-order valence-corrected chi connectivity index (χ2v) is 2.60. The van der Waals surface area contributed by atoms with Crippen LogP contribution >= 0.6 is 0 Å². The van der Waals surface area contributed by atoms with Gasteiger partial charge >= 0.3 is 7.25 Å². The minimum atomic E-state index is -6.00. The van der Waals surface area contributed by atoms with E-state index in [0.29, 0.717) is 0 Å². The number of hydrogen-bond acceptors (Lipinski definition) is 2. The van der Waals surface area contributed by atoms with E-state index in [9.17, 15) is 17.3 Å².